The molecule has 0 saturated carbocycles. The monoisotopic (exact) mass is 303 g/mol. The highest BCUT2D eigenvalue weighted by Crippen LogP contribution is 2.16. The molecule has 1 aliphatic rings. The summed E-state index contributed by atoms with van der Waals surface area (Å²) in [5, 5.41) is 3.04. The van der Waals surface area contributed by atoms with Crippen LogP contribution in [0.1, 0.15) is 43.0 Å². The fourth-order valence-corrected chi connectivity index (χ4v) is 3.00. The molecule has 4 nitrogen and oxygen atoms in total. The van der Waals surface area contributed by atoms with E-state index < -0.39 is 0 Å². The van der Waals surface area contributed by atoms with Crippen LogP contribution in [-0.2, 0) is 0 Å². The number of hydrogen-bond donors (Lipinski definition) is 1. The lowest BCUT2D eigenvalue weighted by Gasteiger charge is -2.33. The predicted molar refractivity (Wildman–Crippen MR) is 92.6 cm³/mol. The Balaban J connectivity index is 1.74. The average molecular weight is 303 g/mol. The third-order valence-corrected chi connectivity index (χ3v) is 4.47. The van der Waals surface area contributed by atoms with Crippen molar-refractivity contribution in [1.29, 1.82) is 0 Å². The zero-order chi connectivity index (χ0) is 15.9. The predicted octanol–water partition coefficient (Wildman–Crippen LogP) is 2.75. The van der Waals surface area contributed by atoms with Gasteiger partial charge >= 0.3 is 0 Å². The van der Waals surface area contributed by atoms with E-state index in [1.165, 1.54) is 25.8 Å². The van der Waals surface area contributed by atoms with Crippen molar-refractivity contribution in [3.05, 3.63) is 29.8 Å². The highest BCUT2D eigenvalue weighted by Gasteiger charge is 2.17. The molecule has 0 aliphatic carbocycles. The number of piperidine rings is 1. The molecule has 1 heterocycles. The molecule has 1 N–H and O–H groups in total. The second-order valence-corrected chi connectivity index (χ2v) is 6.43. The zero-order valence-electron chi connectivity index (χ0n) is 14.1. The second-order valence-electron chi connectivity index (χ2n) is 6.43. The van der Waals surface area contributed by atoms with Crippen LogP contribution >= 0.6 is 0 Å². The molecule has 1 aliphatic heterocycles. The lowest BCUT2D eigenvalue weighted by atomic mass is 10.0. The Morgan fingerprint density at radius 3 is 2.91 bits per heavy atom. The molecule has 2 rings (SSSR count). The molecule has 22 heavy (non-hydrogen) atoms. The number of anilines is 1. The van der Waals surface area contributed by atoms with Crippen LogP contribution < -0.4 is 10.2 Å². The quantitative estimate of drug-likeness (QED) is 0.821. The number of likely N-dealkylation sites (tertiary alicyclic amines) is 1. The maximum absolute atomic E-state index is 12.2. The van der Waals surface area contributed by atoms with Gasteiger partial charge in [0.15, 0.2) is 0 Å². The van der Waals surface area contributed by atoms with E-state index in [0.29, 0.717) is 6.04 Å². The van der Waals surface area contributed by atoms with Crippen molar-refractivity contribution in [2.45, 2.75) is 38.6 Å². The fraction of sp³-hybridized carbons (Fsp3) is 0.611. The highest BCUT2D eigenvalue weighted by atomic mass is 16.1. The maximum atomic E-state index is 12.2. The molecule has 0 radical (unpaired) electrons. The van der Waals surface area contributed by atoms with Crippen LogP contribution in [0.25, 0.3) is 0 Å². The van der Waals surface area contributed by atoms with Crippen LogP contribution in [0.4, 0.5) is 5.69 Å². The number of amides is 1. The second kappa shape index (κ2) is 8.18. The molecule has 0 bridgehead atoms. The molecule has 1 aromatic rings. The van der Waals surface area contributed by atoms with Gasteiger partial charge < -0.3 is 15.1 Å². The first-order chi connectivity index (χ1) is 10.6. The van der Waals surface area contributed by atoms with E-state index in [1.807, 2.05) is 43.3 Å². The van der Waals surface area contributed by atoms with Crippen LogP contribution in [0.2, 0.25) is 0 Å². The van der Waals surface area contributed by atoms with Gasteiger partial charge in [-0.05, 0) is 50.9 Å². The lowest BCUT2D eigenvalue weighted by molar-refractivity contribution is 0.0949. The summed E-state index contributed by atoms with van der Waals surface area (Å²) >= 11 is 0. The number of carbonyl (C=O) groups is 1. The molecule has 1 atom stereocenters. The zero-order valence-corrected chi connectivity index (χ0v) is 14.1. The SMILES string of the molecule is CC1CCCCN1CCCNC(=O)c1cccc(N(C)C)c1. The molecule has 1 aromatic carbocycles. The maximum Gasteiger partial charge on any atom is 0.251 e. The average Bonchev–Trinajstić information content (AvgIpc) is 2.53. The van der Waals surface area contributed by atoms with Crippen molar-refractivity contribution < 1.29 is 4.79 Å². The van der Waals surface area contributed by atoms with Gasteiger partial charge in [0.25, 0.3) is 5.91 Å². The number of rotatable bonds is 6. The Labute approximate surface area is 134 Å². The Bertz CT molecular complexity index is 487. The van der Waals surface area contributed by atoms with Gasteiger partial charge in [-0.3, -0.25) is 4.79 Å². The minimum atomic E-state index is 0.0235. The normalized spacial score (nSPS) is 19.0. The number of nitrogens with one attached hydrogen (secondary N) is 1. The van der Waals surface area contributed by atoms with Crippen LogP contribution in [0.5, 0.6) is 0 Å². The van der Waals surface area contributed by atoms with Gasteiger partial charge in [-0.15, -0.1) is 0 Å². The van der Waals surface area contributed by atoms with Gasteiger partial charge in [0.2, 0.25) is 0 Å². The Morgan fingerprint density at radius 2 is 2.18 bits per heavy atom. The first-order valence-corrected chi connectivity index (χ1v) is 8.37. The molecular formula is C18H29N3O. The fourth-order valence-electron chi connectivity index (χ4n) is 3.00. The number of nitrogens with zero attached hydrogens (tertiary/aromatic N) is 2. The molecular weight excluding hydrogens is 274 g/mol. The Morgan fingerprint density at radius 1 is 1.36 bits per heavy atom. The third-order valence-electron chi connectivity index (χ3n) is 4.47. The van der Waals surface area contributed by atoms with Gasteiger partial charge in [0.05, 0.1) is 0 Å². The lowest BCUT2D eigenvalue weighted by Crippen LogP contribution is -2.39. The largest absolute Gasteiger partial charge is 0.378 e. The molecule has 1 fully saturated rings. The molecule has 0 aromatic heterocycles. The van der Waals surface area contributed by atoms with E-state index in [2.05, 4.69) is 17.1 Å². The van der Waals surface area contributed by atoms with Crippen molar-refractivity contribution in [3.63, 3.8) is 0 Å². The van der Waals surface area contributed by atoms with Gasteiger partial charge in [-0.25, -0.2) is 0 Å². The molecule has 1 amide bonds. The Kier molecular flexibility index (Phi) is 6.25. The van der Waals surface area contributed by atoms with Crippen LogP contribution in [0.15, 0.2) is 24.3 Å². The number of hydrogen-bond acceptors (Lipinski definition) is 3. The summed E-state index contributed by atoms with van der Waals surface area (Å²) in [6, 6.07) is 8.44. The summed E-state index contributed by atoms with van der Waals surface area (Å²) in [5.41, 5.74) is 1.78. The van der Waals surface area contributed by atoms with Gasteiger partial charge in [0, 0.05) is 44.5 Å². The van der Waals surface area contributed by atoms with E-state index in [-0.39, 0.29) is 5.91 Å². The molecule has 1 saturated heterocycles. The van der Waals surface area contributed by atoms with Crippen molar-refractivity contribution >= 4 is 11.6 Å². The minimum Gasteiger partial charge on any atom is -0.378 e. The first-order valence-electron chi connectivity index (χ1n) is 8.37. The van der Waals surface area contributed by atoms with Gasteiger partial charge in [-0.2, -0.15) is 0 Å². The number of carbonyl (C=O) groups excluding carboxylic acids is 1. The molecule has 4 heteroatoms. The summed E-state index contributed by atoms with van der Waals surface area (Å²) in [7, 11) is 3.97. The van der Waals surface area contributed by atoms with E-state index in [0.717, 1.165) is 30.8 Å². The summed E-state index contributed by atoms with van der Waals surface area (Å²) < 4.78 is 0. The summed E-state index contributed by atoms with van der Waals surface area (Å²) in [4.78, 5) is 16.7. The van der Waals surface area contributed by atoms with Crippen LogP contribution in [-0.4, -0.2) is 50.6 Å². The standard InChI is InChI=1S/C18H29N3O/c1-15-8-4-5-12-21(15)13-7-11-19-18(22)16-9-6-10-17(14-16)20(2)3/h6,9-10,14-15H,4-5,7-8,11-13H2,1-3H3,(H,19,22). The topological polar surface area (TPSA) is 35.6 Å². The summed E-state index contributed by atoms with van der Waals surface area (Å²) in [6.45, 7) is 5.35. The molecule has 0 spiro atoms. The summed E-state index contributed by atoms with van der Waals surface area (Å²) in [5.74, 6) is 0.0235. The number of benzene rings is 1. The van der Waals surface area contributed by atoms with Crippen molar-refractivity contribution in [2.24, 2.45) is 0 Å². The van der Waals surface area contributed by atoms with Gasteiger partial charge in [-0.1, -0.05) is 12.5 Å². The van der Waals surface area contributed by atoms with Crippen molar-refractivity contribution in [2.75, 3.05) is 38.6 Å². The molecule has 122 valence electrons. The van der Waals surface area contributed by atoms with E-state index in [9.17, 15) is 4.79 Å². The van der Waals surface area contributed by atoms with Crippen LogP contribution in [0, 0.1) is 0 Å². The van der Waals surface area contributed by atoms with E-state index in [4.69, 9.17) is 0 Å². The van der Waals surface area contributed by atoms with E-state index in [1.54, 1.807) is 0 Å². The Hall–Kier alpha value is -1.55. The third kappa shape index (κ3) is 4.73. The van der Waals surface area contributed by atoms with Crippen molar-refractivity contribution in [1.82, 2.24) is 10.2 Å². The first kappa shape index (κ1) is 16.8. The van der Waals surface area contributed by atoms with Gasteiger partial charge in [0.1, 0.15) is 0 Å². The molecule has 1 unspecified atom stereocenters. The smallest absolute Gasteiger partial charge is 0.251 e. The van der Waals surface area contributed by atoms with Crippen molar-refractivity contribution in [3.8, 4) is 0 Å². The summed E-state index contributed by atoms with van der Waals surface area (Å²) in [6.07, 6.45) is 5.00. The van der Waals surface area contributed by atoms with E-state index >= 15 is 0 Å². The highest BCUT2D eigenvalue weighted by molar-refractivity contribution is 5.95. The minimum absolute atomic E-state index is 0.0235. The van der Waals surface area contributed by atoms with Crippen LogP contribution in [0.3, 0.4) is 0 Å².